The fraction of sp³-hybridized carbons (Fsp3) is 0.389. The molecule has 0 bridgehead atoms. The summed E-state index contributed by atoms with van der Waals surface area (Å²) in [6.45, 7) is 0. The predicted octanol–water partition coefficient (Wildman–Crippen LogP) is 2.87. The third-order valence-electron chi connectivity index (χ3n) is 4.64. The summed E-state index contributed by atoms with van der Waals surface area (Å²) in [5.41, 5.74) is 3.39. The highest BCUT2D eigenvalue weighted by molar-refractivity contribution is 5.43. The first kappa shape index (κ1) is 15.7. The van der Waals surface area contributed by atoms with Crippen LogP contribution in [0.1, 0.15) is 47.3 Å². The molecule has 0 saturated heterocycles. The lowest BCUT2D eigenvalue weighted by molar-refractivity contribution is 0.350. The molecule has 0 amide bonds. The maximum absolute atomic E-state index is 5.55. The molecule has 2 heterocycles. The number of hydrogen-bond acceptors (Lipinski definition) is 6. The van der Waals surface area contributed by atoms with Crippen molar-refractivity contribution in [3.8, 4) is 11.5 Å². The van der Waals surface area contributed by atoms with Crippen LogP contribution in [0.25, 0.3) is 0 Å². The van der Waals surface area contributed by atoms with Gasteiger partial charge in [-0.3, -0.25) is 5.10 Å². The standard InChI is InChI=1S/C18H20N4O3/c1-23-15-7-6-11(8-16(15)24-2)9-17-20-18(25-22-17)12-4-3-5-14-13(12)10-19-21-14/h6-8,10,12H,3-5,9H2,1-2H3,(H,19,21)/t12-/m1/s1. The minimum Gasteiger partial charge on any atom is -0.493 e. The number of fused-ring (bicyclic) bond motifs is 1. The largest absolute Gasteiger partial charge is 0.493 e. The average molecular weight is 340 g/mol. The van der Waals surface area contributed by atoms with E-state index in [1.54, 1.807) is 14.2 Å². The Morgan fingerprint density at radius 3 is 2.96 bits per heavy atom. The van der Waals surface area contributed by atoms with E-state index in [2.05, 4.69) is 20.3 Å². The summed E-state index contributed by atoms with van der Waals surface area (Å²) in [5.74, 6) is 2.86. The molecular formula is C18H20N4O3. The molecule has 0 unspecified atom stereocenters. The Kier molecular flexibility index (Phi) is 4.13. The number of ether oxygens (including phenoxy) is 2. The van der Waals surface area contributed by atoms with Crippen LogP contribution in [-0.2, 0) is 12.8 Å². The smallest absolute Gasteiger partial charge is 0.234 e. The Morgan fingerprint density at radius 1 is 1.24 bits per heavy atom. The summed E-state index contributed by atoms with van der Waals surface area (Å²) in [7, 11) is 3.25. The van der Waals surface area contributed by atoms with Crippen molar-refractivity contribution < 1.29 is 14.0 Å². The van der Waals surface area contributed by atoms with Gasteiger partial charge in [0.25, 0.3) is 0 Å². The van der Waals surface area contributed by atoms with Gasteiger partial charge < -0.3 is 14.0 Å². The Balaban J connectivity index is 1.55. The second-order valence-corrected chi connectivity index (χ2v) is 6.16. The highest BCUT2D eigenvalue weighted by atomic mass is 16.5. The fourth-order valence-electron chi connectivity index (χ4n) is 3.37. The van der Waals surface area contributed by atoms with Crippen molar-refractivity contribution in [2.75, 3.05) is 14.2 Å². The van der Waals surface area contributed by atoms with Crippen molar-refractivity contribution in [2.24, 2.45) is 0 Å². The molecule has 3 aromatic rings. The fourth-order valence-corrected chi connectivity index (χ4v) is 3.37. The molecule has 1 aliphatic carbocycles. The van der Waals surface area contributed by atoms with Gasteiger partial charge in [0, 0.05) is 17.7 Å². The van der Waals surface area contributed by atoms with E-state index in [0.29, 0.717) is 29.6 Å². The quantitative estimate of drug-likeness (QED) is 0.768. The zero-order valence-electron chi connectivity index (χ0n) is 14.3. The molecule has 4 rings (SSSR count). The van der Waals surface area contributed by atoms with Crippen molar-refractivity contribution >= 4 is 0 Å². The van der Waals surface area contributed by atoms with Gasteiger partial charge in [0.15, 0.2) is 17.3 Å². The molecule has 0 radical (unpaired) electrons. The SMILES string of the molecule is COc1ccc(Cc2noc([C@@H]3CCCc4[nH]ncc43)n2)cc1OC. The van der Waals surface area contributed by atoms with E-state index in [1.807, 2.05) is 24.4 Å². The number of aromatic amines is 1. The highest BCUT2D eigenvalue weighted by Crippen LogP contribution is 2.35. The maximum atomic E-state index is 5.55. The van der Waals surface area contributed by atoms with Crippen molar-refractivity contribution in [3.63, 3.8) is 0 Å². The molecular weight excluding hydrogens is 320 g/mol. The molecule has 130 valence electrons. The second-order valence-electron chi connectivity index (χ2n) is 6.16. The minimum absolute atomic E-state index is 0.133. The Morgan fingerprint density at radius 2 is 2.12 bits per heavy atom. The molecule has 1 N–H and O–H groups in total. The summed E-state index contributed by atoms with van der Waals surface area (Å²) in [6.07, 6.45) is 5.57. The minimum atomic E-state index is 0.133. The Hall–Kier alpha value is -2.83. The maximum Gasteiger partial charge on any atom is 0.234 e. The van der Waals surface area contributed by atoms with Crippen molar-refractivity contribution in [1.82, 2.24) is 20.3 Å². The summed E-state index contributed by atoms with van der Waals surface area (Å²) < 4.78 is 16.2. The zero-order chi connectivity index (χ0) is 17.2. The number of hydrogen-bond donors (Lipinski definition) is 1. The second kappa shape index (κ2) is 6.58. The normalized spacial score (nSPS) is 16.5. The third kappa shape index (κ3) is 2.97. The summed E-state index contributed by atoms with van der Waals surface area (Å²) in [4.78, 5) is 4.61. The van der Waals surface area contributed by atoms with Gasteiger partial charge in [-0.05, 0) is 37.0 Å². The molecule has 0 saturated carbocycles. The van der Waals surface area contributed by atoms with E-state index in [1.165, 1.54) is 11.3 Å². The van der Waals surface area contributed by atoms with Crippen LogP contribution in [0, 0.1) is 0 Å². The van der Waals surface area contributed by atoms with Crippen LogP contribution in [-0.4, -0.2) is 34.6 Å². The van der Waals surface area contributed by atoms with Crippen LogP contribution >= 0.6 is 0 Å². The molecule has 0 aliphatic heterocycles. The van der Waals surface area contributed by atoms with Gasteiger partial charge in [0.2, 0.25) is 5.89 Å². The predicted molar refractivity (Wildman–Crippen MR) is 90.0 cm³/mol. The number of rotatable bonds is 5. The molecule has 0 fully saturated rings. The average Bonchev–Trinajstić information content (AvgIpc) is 3.30. The molecule has 1 aliphatic rings. The van der Waals surface area contributed by atoms with Crippen LogP contribution in [0.4, 0.5) is 0 Å². The van der Waals surface area contributed by atoms with Gasteiger partial charge in [0.1, 0.15) is 0 Å². The van der Waals surface area contributed by atoms with Gasteiger partial charge in [-0.1, -0.05) is 11.2 Å². The molecule has 25 heavy (non-hydrogen) atoms. The molecule has 1 aromatic carbocycles. The lowest BCUT2D eigenvalue weighted by atomic mass is 9.87. The lowest BCUT2D eigenvalue weighted by Crippen LogP contribution is -2.10. The first-order chi connectivity index (χ1) is 12.3. The number of H-pyrrole nitrogens is 1. The molecule has 7 nitrogen and oxygen atoms in total. The molecule has 2 aromatic heterocycles. The van der Waals surface area contributed by atoms with Crippen LogP contribution in [0.5, 0.6) is 11.5 Å². The van der Waals surface area contributed by atoms with Gasteiger partial charge in [0.05, 0.1) is 26.3 Å². The van der Waals surface area contributed by atoms with E-state index >= 15 is 0 Å². The van der Waals surface area contributed by atoms with Gasteiger partial charge in [-0.25, -0.2) is 0 Å². The zero-order valence-corrected chi connectivity index (χ0v) is 14.3. The molecule has 1 atom stereocenters. The van der Waals surface area contributed by atoms with E-state index in [4.69, 9.17) is 14.0 Å². The highest BCUT2D eigenvalue weighted by Gasteiger charge is 2.28. The molecule has 0 spiro atoms. The monoisotopic (exact) mass is 340 g/mol. The number of aryl methyl sites for hydroxylation is 1. The number of methoxy groups -OCH3 is 2. The van der Waals surface area contributed by atoms with E-state index < -0.39 is 0 Å². The van der Waals surface area contributed by atoms with E-state index in [-0.39, 0.29) is 5.92 Å². The number of aromatic nitrogens is 4. The summed E-state index contributed by atoms with van der Waals surface area (Å²) in [6, 6.07) is 5.80. The first-order valence-electron chi connectivity index (χ1n) is 8.34. The van der Waals surface area contributed by atoms with Gasteiger partial charge in [-0.15, -0.1) is 0 Å². The number of nitrogens with one attached hydrogen (secondary N) is 1. The molecule has 7 heteroatoms. The van der Waals surface area contributed by atoms with Crippen LogP contribution in [0.2, 0.25) is 0 Å². The topological polar surface area (TPSA) is 86.1 Å². The number of nitrogens with zero attached hydrogens (tertiary/aromatic N) is 3. The Bertz CT molecular complexity index is 871. The van der Waals surface area contributed by atoms with E-state index in [9.17, 15) is 0 Å². The van der Waals surface area contributed by atoms with Gasteiger partial charge in [-0.2, -0.15) is 10.1 Å². The third-order valence-corrected chi connectivity index (χ3v) is 4.64. The summed E-state index contributed by atoms with van der Waals surface area (Å²) >= 11 is 0. The van der Waals surface area contributed by atoms with Gasteiger partial charge >= 0.3 is 0 Å². The first-order valence-corrected chi connectivity index (χ1v) is 8.34. The van der Waals surface area contributed by atoms with Crippen molar-refractivity contribution in [3.05, 3.63) is 52.9 Å². The van der Waals surface area contributed by atoms with Crippen molar-refractivity contribution in [2.45, 2.75) is 31.6 Å². The van der Waals surface area contributed by atoms with Crippen LogP contribution < -0.4 is 9.47 Å². The van der Waals surface area contributed by atoms with Crippen LogP contribution in [0.15, 0.2) is 28.9 Å². The summed E-state index contributed by atoms with van der Waals surface area (Å²) in [5, 5.41) is 11.4. The van der Waals surface area contributed by atoms with Crippen molar-refractivity contribution in [1.29, 1.82) is 0 Å². The van der Waals surface area contributed by atoms with E-state index in [0.717, 1.165) is 24.8 Å². The number of benzene rings is 1. The Labute approximate surface area is 145 Å². The van der Waals surface area contributed by atoms with Crippen LogP contribution in [0.3, 0.4) is 0 Å². The lowest BCUT2D eigenvalue weighted by Gasteiger charge is -2.17.